The van der Waals surface area contributed by atoms with E-state index in [2.05, 4.69) is 13.8 Å². The Balaban J connectivity index is -0.0000000450. The van der Waals surface area contributed by atoms with E-state index in [4.69, 9.17) is 0 Å². The Kier molecular flexibility index (Phi) is 42.4. The second kappa shape index (κ2) is 16.3. The van der Waals surface area contributed by atoms with Gasteiger partial charge < -0.3 is 0 Å². The van der Waals surface area contributed by atoms with Crippen molar-refractivity contribution in [2.75, 3.05) is 0 Å². The van der Waals surface area contributed by atoms with Crippen LogP contribution in [0.25, 0.3) is 0 Å². The Hall–Kier alpha value is 1.30. The molecule has 0 bridgehead atoms. The van der Waals surface area contributed by atoms with Gasteiger partial charge in [0.15, 0.2) is 0 Å². The van der Waals surface area contributed by atoms with Crippen molar-refractivity contribution in [3.05, 3.63) is 0 Å². The molecule has 0 radical (unpaired) electrons. The molecule has 0 aliphatic carbocycles. The van der Waals surface area contributed by atoms with Crippen LogP contribution in [0.2, 0.25) is 0 Å². The summed E-state index contributed by atoms with van der Waals surface area (Å²) in [7, 11) is 0. The summed E-state index contributed by atoms with van der Waals surface area (Å²) >= 11 is 0. The van der Waals surface area contributed by atoms with Gasteiger partial charge in [0.05, 0.1) is 0 Å². The first kappa shape index (κ1) is 15.7. The van der Waals surface area contributed by atoms with Gasteiger partial charge in [-0.15, -0.1) is 17.0 Å². The summed E-state index contributed by atoms with van der Waals surface area (Å²) in [6, 6.07) is 0. The number of rotatable bonds is 1. The first-order valence-corrected chi connectivity index (χ1v) is 1.91. The van der Waals surface area contributed by atoms with Crippen LogP contribution in [-0.2, 0) is 0 Å². The van der Waals surface area contributed by atoms with E-state index >= 15 is 0 Å². The molecule has 0 heterocycles. The van der Waals surface area contributed by atoms with E-state index in [1.807, 2.05) is 0 Å². The van der Waals surface area contributed by atoms with E-state index in [0.717, 1.165) is 0 Å². The van der Waals surface area contributed by atoms with Gasteiger partial charge in [0, 0.05) is 0 Å². The van der Waals surface area contributed by atoms with Gasteiger partial charge in [-0.1, -0.05) is 26.7 Å². The van der Waals surface area contributed by atoms with E-state index in [0.29, 0.717) is 0 Å². The summed E-state index contributed by atoms with van der Waals surface area (Å²) in [6.07, 6.45) is 2.64. The van der Waals surface area contributed by atoms with Gasteiger partial charge in [-0.3, -0.25) is 0 Å². The number of hydrogen-bond donors (Lipinski definition) is 0. The molecule has 0 spiro atoms. The molecule has 0 saturated heterocycles. The van der Waals surface area contributed by atoms with Gasteiger partial charge in [-0.25, -0.2) is 0 Å². The Morgan fingerprint density at radius 1 is 1.00 bits per heavy atom. The maximum atomic E-state index is 2.18. The van der Waals surface area contributed by atoms with Crippen molar-refractivity contribution in [3.63, 3.8) is 0 Å². The minimum atomic E-state index is 0. The fourth-order valence-corrected chi connectivity index (χ4v) is 0. The molecule has 0 fully saturated rings. The topological polar surface area (TPSA) is 0 Å². The van der Waals surface area contributed by atoms with Gasteiger partial charge in [0.25, 0.3) is 0 Å². The quantitative estimate of drug-likeness (QED) is 0.624. The predicted octanol–water partition coefficient (Wildman–Crippen LogP) is 1.20. The van der Waals surface area contributed by atoms with Crippen molar-refractivity contribution in [1.29, 1.82) is 0 Å². The third kappa shape index (κ3) is 18.5. The van der Waals surface area contributed by atoms with Crippen molar-refractivity contribution in [2.24, 2.45) is 0 Å². The monoisotopic (exact) mass is 262 g/mol. The Morgan fingerprint density at radius 2 is 1.17 bits per heavy atom. The van der Waals surface area contributed by atoms with Crippen LogP contribution in [-0.4, -0.2) is 24.4 Å². The molecule has 0 aromatic rings. The molecule has 0 amide bonds. The average Bonchev–Trinajstić information content (AvgIpc) is 1.37. The third-order valence-corrected chi connectivity index (χ3v) is 0.500. The van der Waals surface area contributed by atoms with E-state index in [1.165, 1.54) is 12.8 Å². The average molecular weight is 264 g/mol. The summed E-state index contributed by atoms with van der Waals surface area (Å²) in [4.78, 5) is 0. The van der Waals surface area contributed by atoms with E-state index < -0.39 is 0 Å². The SMILES string of the molecule is Br.CCCC.[SbH3]. The van der Waals surface area contributed by atoms with Crippen molar-refractivity contribution >= 4 is 41.4 Å². The van der Waals surface area contributed by atoms with Crippen LogP contribution >= 0.6 is 17.0 Å². The molecule has 0 aliphatic rings. The minimum absolute atomic E-state index is 0. The second-order valence-electron chi connectivity index (χ2n) is 1.000. The van der Waals surface area contributed by atoms with E-state index in [9.17, 15) is 0 Å². The molecule has 0 saturated carbocycles. The zero-order valence-corrected chi connectivity index (χ0v) is 10.3. The molecule has 0 nitrogen and oxygen atoms in total. The predicted molar refractivity (Wildman–Crippen MR) is 40.8 cm³/mol. The molecule has 0 aromatic heterocycles. The molecule has 2 heteroatoms. The zero-order chi connectivity index (χ0) is 3.41. The summed E-state index contributed by atoms with van der Waals surface area (Å²) in [5.41, 5.74) is 0. The van der Waals surface area contributed by atoms with Gasteiger partial charge in [0.1, 0.15) is 0 Å². The Labute approximate surface area is 67.9 Å². The summed E-state index contributed by atoms with van der Waals surface area (Å²) in [5, 5.41) is 0. The van der Waals surface area contributed by atoms with Crippen molar-refractivity contribution in [2.45, 2.75) is 26.7 Å². The molecule has 0 aliphatic heterocycles. The molecule has 0 N–H and O–H groups in total. The molecule has 0 unspecified atom stereocenters. The van der Waals surface area contributed by atoms with Gasteiger partial charge >= 0.3 is 24.4 Å². The summed E-state index contributed by atoms with van der Waals surface area (Å²) in [6.45, 7) is 4.36. The van der Waals surface area contributed by atoms with Crippen LogP contribution in [0.3, 0.4) is 0 Å². The molecule has 0 aromatic carbocycles. The first-order chi connectivity index (χ1) is 1.91. The van der Waals surface area contributed by atoms with Gasteiger partial charge in [0.2, 0.25) is 0 Å². The second-order valence-corrected chi connectivity index (χ2v) is 1.000. The first-order valence-electron chi connectivity index (χ1n) is 1.91. The molecule has 42 valence electrons. The van der Waals surface area contributed by atoms with Crippen molar-refractivity contribution in [1.82, 2.24) is 0 Å². The van der Waals surface area contributed by atoms with Gasteiger partial charge in [-0.2, -0.15) is 0 Å². The van der Waals surface area contributed by atoms with E-state index in [1.54, 1.807) is 0 Å². The van der Waals surface area contributed by atoms with Gasteiger partial charge in [-0.05, 0) is 0 Å². The molecule has 6 heavy (non-hydrogen) atoms. The number of halogens is 1. The molecular formula is C4H14BrSb. The molecule has 0 atom stereocenters. The normalized spacial score (nSPS) is 5.00. The number of hydrogen-bond acceptors (Lipinski definition) is 0. The van der Waals surface area contributed by atoms with E-state index in [-0.39, 0.29) is 41.4 Å². The van der Waals surface area contributed by atoms with Crippen molar-refractivity contribution < 1.29 is 0 Å². The van der Waals surface area contributed by atoms with Crippen LogP contribution in [0.1, 0.15) is 26.7 Å². The molecule has 0 rings (SSSR count). The van der Waals surface area contributed by atoms with Crippen LogP contribution in [0.5, 0.6) is 0 Å². The summed E-state index contributed by atoms with van der Waals surface area (Å²) < 4.78 is 0. The van der Waals surface area contributed by atoms with Crippen LogP contribution in [0, 0.1) is 0 Å². The van der Waals surface area contributed by atoms with Crippen LogP contribution < -0.4 is 0 Å². The third-order valence-electron chi connectivity index (χ3n) is 0.500. The number of unbranched alkanes of at least 4 members (excludes halogenated alkanes) is 1. The zero-order valence-electron chi connectivity index (χ0n) is 4.53. The fraction of sp³-hybridized carbons (Fsp3) is 1.00. The fourth-order valence-electron chi connectivity index (χ4n) is 0. The maximum absolute atomic E-state index is 2.18. The van der Waals surface area contributed by atoms with Crippen molar-refractivity contribution in [3.8, 4) is 0 Å². The Bertz CT molecular complexity index is 9.51. The molecular weight excluding hydrogens is 250 g/mol. The Morgan fingerprint density at radius 3 is 1.17 bits per heavy atom. The standard InChI is InChI=1S/C4H10.BrH.Sb.3H/c1-3-4-2;;;;;/h3-4H2,1-2H3;1H;;;;. The van der Waals surface area contributed by atoms with Crippen LogP contribution in [0.4, 0.5) is 0 Å². The summed E-state index contributed by atoms with van der Waals surface area (Å²) in [5.74, 6) is 0. The van der Waals surface area contributed by atoms with Crippen LogP contribution in [0.15, 0.2) is 0 Å².